The highest BCUT2D eigenvalue weighted by Crippen LogP contribution is 2.16. The first-order valence-corrected chi connectivity index (χ1v) is 9.34. The average Bonchev–Trinajstić information content (AvgIpc) is 3.18. The Morgan fingerprint density at radius 3 is 2.39 bits per heavy atom. The molecule has 146 valence electrons. The summed E-state index contributed by atoms with van der Waals surface area (Å²) in [4.78, 5) is 16.4. The monoisotopic (exact) mass is 376 g/mol. The van der Waals surface area contributed by atoms with E-state index in [1.165, 1.54) is 11.3 Å². The van der Waals surface area contributed by atoms with Crippen LogP contribution in [0, 0.1) is 0 Å². The van der Waals surface area contributed by atoms with Gasteiger partial charge in [0.05, 0.1) is 18.4 Å². The number of benzene rings is 2. The lowest BCUT2D eigenvalue weighted by Crippen LogP contribution is -2.38. The number of hydrogen-bond donors (Lipinski definition) is 2. The number of hydrogen-bond acceptors (Lipinski definition) is 3. The first kappa shape index (κ1) is 19.5. The molecule has 1 heterocycles. The van der Waals surface area contributed by atoms with E-state index in [1.807, 2.05) is 45.5 Å². The number of guanidine groups is 1. The van der Waals surface area contributed by atoms with Crippen molar-refractivity contribution >= 4 is 11.6 Å². The third kappa shape index (κ3) is 4.91. The van der Waals surface area contributed by atoms with Gasteiger partial charge in [-0.25, -0.2) is 4.98 Å². The molecule has 2 aromatic carbocycles. The molecular weight excluding hydrogens is 348 g/mol. The van der Waals surface area contributed by atoms with Crippen LogP contribution in [0.1, 0.15) is 11.4 Å². The lowest BCUT2D eigenvalue weighted by atomic mass is 10.2. The smallest absolute Gasteiger partial charge is 0.194 e. The third-order valence-electron chi connectivity index (χ3n) is 4.58. The standard InChI is InChI=1S/C22H28N6/c1-23-22(25-14-17-10-12-19(13-11-17)27(2)3)28(4)16-21-24-15-20(26-21)18-8-6-5-7-9-18/h5-13,15H,14,16H2,1-4H3,(H,23,25)(H,24,26). The molecule has 3 aromatic rings. The van der Waals surface area contributed by atoms with Gasteiger partial charge in [-0.1, -0.05) is 42.5 Å². The van der Waals surface area contributed by atoms with Gasteiger partial charge in [-0.15, -0.1) is 0 Å². The molecule has 2 N–H and O–H groups in total. The van der Waals surface area contributed by atoms with Gasteiger partial charge < -0.3 is 20.1 Å². The van der Waals surface area contributed by atoms with Crippen LogP contribution in [-0.2, 0) is 13.1 Å². The summed E-state index contributed by atoms with van der Waals surface area (Å²) in [5.74, 6) is 1.73. The molecule has 0 atom stereocenters. The Kier molecular flexibility index (Phi) is 6.32. The predicted molar refractivity (Wildman–Crippen MR) is 116 cm³/mol. The van der Waals surface area contributed by atoms with Gasteiger partial charge in [-0.3, -0.25) is 4.99 Å². The number of H-pyrrole nitrogens is 1. The van der Waals surface area contributed by atoms with Gasteiger partial charge in [0.1, 0.15) is 5.82 Å². The largest absolute Gasteiger partial charge is 0.378 e. The number of rotatable bonds is 6. The van der Waals surface area contributed by atoms with Crippen LogP contribution < -0.4 is 10.2 Å². The van der Waals surface area contributed by atoms with E-state index in [2.05, 4.69) is 66.5 Å². The number of nitrogens with one attached hydrogen (secondary N) is 2. The van der Waals surface area contributed by atoms with Crippen LogP contribution in [0.15, 0.2) is 65.8 Å². The fraction of sp³-hybridized carbons (Fsp3) is 0.273. The molecule has 0 fully saturated rings. The molecule has 1 aromatic heterocycles. The number of aliphatic imine (C=N–C) groups is 1. The molecule has 0 unspecified atom stereocenters. The lowest BCUT2D eigenvalue weighted by molar-refractivity contribution is 0.464. The second kappa shape index (κ2) is 9.08. The van der Waals surface area contributed by atoms with Crippen LogP contribution in [-0.4, -0.2) is 49.0 Å². The molecule has 3 rings (SSSR count). The van der Waals surface area contributed by atoms with Crippen molar-refractivity contribution in [2.75, 3.05) is 33.1 Å². The Balaban J connectivity index is 1.58. The lowest BCUT2D eigenvalue weighted by Gasteiger charge is -2.21. The molecule has 0 aliphatic rings. The minimum atomic E-state index is 0.645. The van der Waals surface area contributed by atoms with E-state index in [1.54, 1.807) is 7.05 Å². The predicted octanol–water partition coefficient (Wildman–Crippen LogP) is 3.35. The highest BCUT2D eigenvalue weighted by atomic mass is 15.3. The van der Waals surface area contributed by atoms with Gasteiger partial charge in [0.2, 0.25) is 0 Å². The Morgan fingerprint density at radius 2 is 1.75 bits per heavy atom. The first-order valence-electron chi connectivity index (χ1n) is 9.34. The highest BCUT2D eigenvalue weighted by molar-refractivity contribution is 5.79. The zero-order valence-electron chi connectivity index (χ0n) is 17.0. The summed E-state index contributed by atoms with van der Waals surface area (Å²) in [6.45, 7) is 1.37. The topological polar surface area (TPSA) is 59.6 Å². The molecule has 0 bridgehead atoms. The van der Waals surface area contributed by atoms with Crippen molar-refractivity contribution in [2.45, 2.75) is 13.1 Å². The molecule has 0 saturated heterocycles. The minimum absolute atomic E-state index is 0.645. The maximum absolute atomic E-state index is 4.51. The summed E-state index contributed by atoms with van der Waals surface area (Å²) >= 11 is 0. The molecule has 0 saturated carbocycles. The molecule has 0 spiro atoms. The van der Waals surface area contributed by atoms with Crippen LogP contribution in [0.5, 0.6) is 0 Å². The van der Waals surface area contributed by atoms with E-state index in [4.69, 9.17) is 0 Å². The van der Waals surface area contributed by atoms with E-state index in [0.29, 0.717) is 6.54 Å². The zero-order valence-corrected chi connectivity index (χ0v) is 17.0. The Labute approximate surface area is 166 Å². The third-order valence-corrected chi connectivity index (χ3v) is 4.58. The zero-order chi connectivity index (χ0) is 19.9. The summed E-state index contributed by atoms with van der Waals surface area (Å²) in [5, 5.41) is 3.41. The van der Waals surface area contributed by atoms with Crippen LogP contribution >= 0.6 is 0 Å². The van der Waals surface area contributed by atoms with Crippen molar-refractivity contribution < 1.29 is 0 Å². The quantitative estimate of drug-likeness (QED) is 0.512. The Morgan fingerprint density at radius 1 is 1.04 bits per heavy atom. The molecule has 0 amide bonds. The Bertz CT molecular complexity index is 896. The van der Waals surface area contributed by atoms with E-state index >= 15 is 0 Å². The van der Waals surface area contributed by atoms with Gasteiger partial charge in [-0.2, -0.15) is 0 Å². The molecule has 28 heavy (non-hydrogen) atoms. The van der Waals surface area contributed by atoms with Gasteiger partial charge in [0.15, 0.2) is 5.96 Å². The summed E-state index contributed by atoms with van der Waals surface area (Å²) in [5.41, 5.74) is 4.56. The van der Waals surface area contributed by atoms with Gasteiger partial charge in [0.25, 0.3) is 0 Å². The van der Waals surface area contributed by atoms with E-state index in [0.717, 1.165) is 29.6 Å². The van der Waals surface area contributed by atoms with Crippen molar-refractivity contribution in [3.05, 3.63) is 72.2 Å². The van der Waals surface area contributed by atoms with Crippen molar-refractivity contribution in [3.8, 4) is 11.3 Å². The summed E-state index contributed by atoms with van der Waals surface area (Å²) < 4.78 is 0. The van der Waals surface area contributed by atoms with Crippen LogP contribution in [0.4, 0.5) is 5.69 Å². The fourth-order valence-electron chi connectivity index (χ4n) is 2.98. The average molecular weight is 377 g/mol. The molecule has 6 nitrogen and oxygen atoms in total. The number of nitrogens with zero attached hydrogens (tertiary/aromatic N) is 4. The minimum Gasteiger partial charge on any atom is -0.378 e. The maximum Gasteiger partial charge on any atom is 0.194 e. The van der Waals surface area contributed by atoms with Crippen molar-refractivity contribution in [2.24, 2.45) is 4.99 Å². The summed E-state index contributed by atoms with van der Waals surface area (Å²) in [6, 6.07) is 18.7. The van der Waals surface area contributed by atoms with E-state index in [-0.39, 0.29) is 0 Å². The number of aromatic nitrogens is 2. The van der Waals surface area contributed by atoms with Crippen molar-refractivity contribution in [3.63, 3.8) is 0 Å². The summed E-state index contributed by atoms with van der Waals surface area (Å²) in [6.07, 6.45) is 1.88. The van der Waals surface area contributed by atoms with Gasteiger partial charge in [0, 0.05) is 40.4 Å². The van der Waals surface area contributed by atoms with Gasteiger partial charge in [-0.05, 0) is 23.3 Å². The van der Waals surface area contributed by atoms with Gasteiger partial charge >= 0.3 is 0 Å². The number of imidazole rings is 1. The molecule has 0 radical (unpaired) electrons. The second-order valence-corrected chi connectivity index (χ2v) is 6.93. The van der Waals surface area contributed by atoms with E-state index < -0.39 is 0 Å². The van der Waals surface area contributed by atoms with Crippen LogP contribution in [0.3, 0.4) is 0 Å². The normalized spacial score (nSPS) is 11.4. The van der Waals surface area contributed by atoms with Crippen LogP contribution in [0.25, 0.3) is 11.3 Å². The second-order valence-electron chi connectivity index (χ2n) is 6.93. The Hall–Kier alpha value is -3.28. The van der Waals surface area contributed by atoms with E-state index in [9.17, 15) is 0 Å². The van der Waals surface area contributed by atoms with Crippen LogP contribution in [0.2, 0.25) is 0 Å². The first-order chi connectivity index (χ1) is 13.6. The number of aromatic amines is 1. The molecule has 6 heteroatoms. The molecule has 0 aliphatic heterocycles. The molecule has 0 aliphatic carbocycles. The maximum atomic E-state index is 4.51. The van der Waals surface area contributed by atoms with Crippen molar-refractivity contribution in [1.82, 2.24) is 20.2 Å². The van der Waals surface area contributed by atoms with Crippen molar-refractivity contribution in [1.29, 1.82) is 0 Å². The molecular formula is C22H28N6. The SMILES string of the molecule is CN=C(NCc1ccc(N(C)C)cc1)N(C)Cc1ncc(-c2ccccc2)[nH]1. The summed E-state index contributed by atoms with van der Waals surface area (Å²) in [7, 11) is 7.89. The number of anilines is 1. The highest BCUT2D eigenvalue weighted by Gasteiger charge is 2.10. The fourth-order valence-corrected chi connectivity index (χ4v) is 2.98.